The number of furan rings is 1. The lowest BCUT2D eigenvalue weighted by Gasteiger charge is -2.36. The summed E-state index contributed by atoms with van der Waals surface area (Å²) in [5, 5.41) is 0.874. The van der Waals surface area contributed by atoms with E-state index in [1.807, 2.05) is 25.1 Å². The predicted molar refractivity (Wildman–Crippen MR) is 119 cm³/mol. The molecule has 0 spiro atoms. The first kappa shape index (κ1) is 19.9. The molecule has 0 amide bonds. The fourth-order valence-corrected chi connectivity index (χ4v) is 4.57. The molecule has 31 heavy (non-hydrogen) atoms. The van der Waals surface area contributed by atoms with Gasteiger partial charge in [-0.05, 0) is 62.2 Å². The van der Waals surface area contributed by atoms with Crippen LogP contribution in [0.4, 0.5) is 10.1 Å². The van der Waals surface area contributed by atoms with E-state index in [9.17, 15) is 9.18 Å². The van der Waals surface area contributed by atoms with Crippen molar-refractivity contribution >= 4 is 27.8 Å². The molecule has 0 unspecified atom stereocenters. The highest BCUT2D eigenvalue weighted by Crippen LogP contribution is 2.27. The van der Waals surface area contributed by atoms with Crippen molar-refractivity contribution in [1.29, 1.82) is 0 Å². The number of hydrogen-bond donors (Lipinski definition) is 0. The molecule has 162 valence electrons. The predicted octanol–water partition coefficient (Wildman–Crippen LogP) is 4.25. The van der Waals surface area contributed by atoms with E-state index in [2.05, 4.69) is 9.80 Å². The van der Waals surface area contributed by atoms with E-state index in [-0.39, 0.29) is 11.6 Å². The number of para-hydroxylation sites is 1. The quantitative estimate of drug-likeness (QED) is 0.464. The molecular formula is C24H26FN3O3. The third-order valence-corrected chi connectivity index (χ3v) is 6.24. The molecule has 1 fully saturated rings. The minimum Gasteiger partial charge on any atom is -0.464 e. The molecule has 1 aliphatic heterocycles. The lowest BCUT2D eigenvalue weighted by atomic mass is 10.1. The highest BCUT2D eigenvalue weighted by molar-refractivity contribution is 5.87. The summed E-state index contributed by atoms with van der Waals surface area (Å²) in [5.41, 5.74) is 4.34. The highest BCUT2D eigenvalue weighted by atomic mass is 19.1. The van der Waals surface area contributed by atoms with Crippen LogP contribution >= 0.6 is 0 Å². The van der Waals surface area contributed by atoms with E-state index < -0.39 is 0 Å². The van der Waals surface area contributed by atoms with E-state index in [0.29, 0.717) is 12.1 Å². The Kier molecular flexibility index (Phi) is 5.28. The lowest BCUT2D eigenvalue weighted by molar-refractivity contribution is 0.255. The SMILES string of the molecule is CCn1c(=O)oc2c(N3CCN(CCCc4coc5ccc(F)cc45)CC3)cccc21. The summed E-state index contributed by atoms with van der Waals surface area (Å²) >= 11 is 0. The highest BCUT2D eigenvalue weighted by Gasteiger charge is 2.21. The zero-order valence-electron chi connectivity index (χ0n) is 17.6. The number of aromatic nitrogens is 1. The van der Waals surface area contributed by atoms with Crippen molar-refractivity contribution in [3.05, 3.63) is 64.6 Å². The number of nitrogens with zero attached hydrogens (tertiary/aromatic N) is 3. The van der Waals surface area contributed by atoms with Gasteiger partial charge in [0.15, 0.2) is 5.58 Å². The molecule has 4 aromatic rings. The fraction of sp³-hybridized carbons (Fsp3) is 0.375. The second-order valence-electron chi connectivity index (χ2n) is 8.07. The molecule has 0 atom stereocenters. The first-order valence-corrected chi connectivity index (χ1v) is 10.9. The van der Waals surface area contributed by atoms with Crippen molar-refractivity contribution in [2.24, 2.45) is 0 Å². The molecule has 0 radical (unpaired) electrons. The number of rotatable bonds is 6. The van der Waals surface area contributed by atoms with E-state index in [4.69, 9.17) is 8.83 Å². The number of oxazole rings is 1. The summed E-state index contributed by atoms with van der Waals surface area (Å²) in [6, 6.07) is 10.6. The molecule has 0 bridgehead atoms. The zero-order valence-corrected chi connectivity index (χ0v) is 17.6. The molecule has 2 aromatic heterocycles. The van der Waals surface area contributed by atoms with Crippen LogP contribution in [0.1, 0.15) is 18.9 Å². The molecule has 1 saturated heterocycles. The first-order valence-electron chi connectivity index (χ1n) is 10.9. The number of benzene rings is 2. The van der Waals surface area contributed by atoms with Crippen LogP contribution in [0.25, 0.3) is 22.1 Å². The topological polar surface area (TPSA) is 54.8 Å². The fourth-order valence-electron chi connectivity index (χ4n) is 4.57. The van der Waals surface area contributed by atoms with Gasteiger partial charge in [-0.25, -0.2) is 9.18 Å². The Labute approximate surface area is 179 Å². The summed E-state index contributed by atoms with van der Waals surface area (Å²) in [6.07, 6.45) is 3.61. The molecule has 0 saturated carbocycles. The average Bonchev–Trinajstić information content (AvgIpc) is 3.33. The standard InChI is InChI=1S/C24H26FN3O3/c1-2-28-21-7-3-6-20(23(21)31-24(28)29)27-13-11-26(12-14-27)10-4-5-17-16-30-22-9-8-18(25)15-19(17)22/h3,6-9,15-16H,2,4-5,10-14H2,1H3. The maximum atomic E-state index is 13.5. The van der Waals surface area contributed by atoms with Gasteiger partial charge in [-0.1, -0.05) is 6.07 Å². The van der Waals surface area contributed by atoms with Gasteiger partial charge < -0.3 is 13.7 Å². The number of aryl methyl sites for hydroxylation is 2. The lowest BCUT2D eigenvalue weighted by Crippen LogP contribution is -2.46. The Hall–Kier alpha value is -3.06. The molecular weight excluding hydrogens is 397 g/mol. The number of piperazine rings is 1. The largest absolute Gasteiger partial charge is 0.464 e. The van der Waals surface area contributed by atoms with Crippen LogP contribution < -0.4 is 10.7 Å². The van der Waals surface area contributed by atoms with Crippen molar-refractivity contribution in [2.45, 2.75) is 26.3 Å². The number of fused-ring (bicyclic) bond motifs is 2. The Morgan fingerprint density at radius 3 is 2.74 bits per heavy atom. The van der Waals surface area contributed by atoms with Gasteiger partial charge in [-0.2, -0.15) is 0 Å². The minimum absolute atomic E-state index is 0.230. The molecule has 0 aliphatic carbocycles. The average molecular weight is 423 g/mol. The Morgan fingerprint density at radius 2 is 1.94 bits per heavy atom. The molecule has 0 N–H and O–H groups in total. The van der Waals surface area contributed by atoms with Crippen molar-refractivity contribution in [3.8, 4) is 0 Å². The van der Waals surface area contributed by atoms with Crippen molar-refractivity contribution in [3.63, 3.8) is 0 Å². The van der Waals surface area contributed by atoms with Gasteiger partial charge in [-0.15, -0.1) is 0 Å². The number of anilines is 1. The van der Waals surface area contributed by atoms with Gasteiger partial charge in [0.05, 0.1) is 17.5 Å². The second-order valence-corrected chi connectivity index (χ2v) is 8.07. The van der Waals surface area contributed by atoms with Gasteiger partial charge in [0.1, 0.15) is 11.4 Å². The third kappa shape index (κ3) is 3.74. The molecule has 5 rings (SSSR count). The van der Waals surface area contributed by atoms with Crippen LogP contribution in [0.3, 0.4) is 0 Å². The molecule has 7 heteroatoms. The van der Waals surface area contributed by atoms with Crippen LogP contribution in [-0.2, 0) is 13.0 Å². The third-order valence-electron chi connectivity index (χ3n) is 6.24. The van der Waals surface area contributed by atoms with Crippen molar-refractivity contribution in [1.82, 2.24) is 9.47 Å². The van der Waals surface area contributed by atoms with Crippen molar-refractivity contribution < 1.29 is 13.2 Å². The second kappa shape index (κ2) is 8.23. The van der Waals surface area contributed by atoms with Gasteiger partial charge in [0, 0.05) is 38.1 Å². The summed E-state index contributed by atoms with van der Waals surface area (Å²) in [5.74, 6) is -0.526. The van der Waals surface area contributed by atoms with E-state index in [1.165, 1.54) is 6.07 Å². The summed E-state index contributed by atoms with van der Waals surface area (Å²) < 4.78 is 26.3. The molecule has 6 nitrogen and oxygen atoms in total. The van der Waals surface area contributed by atoms with Crippen LogP contribution in [0.5, 0.6) is 0 Å². The number of hydrogen-bond acceptors (Lipinski definition) is 5. The normalized spacial score (nSPS) is 15.4. The maximum absolute atomic E-state index is 13.5. The summed E-state index contributed by atoms with van der Waals surface area (Å²) in [7, 11) is 0. The molecule has 3 heterocycles. The van der Waals surface area contributed by atoms with Gasteiger partial charge in [0.2, 0.25) is 0 Å². The van der Waals surface area contributed by atoms with Crippen LogP contribution in [0, 0.1) is 5.82 Å². The van der Waals surface area contributed by atoms with E-state index in [0.717, 1.165) is 73.3 Å². The number of halogens is 1. The minimum atomic E-state index is -0.296. The zero-order chi connectivity index (χ0) is 21.4. The van der Waals surface area contributed by atoms with E-state index >= 15 is 0 Å². The smallest absolute Gasteiger partial charge is 0.420 e. The van der Waals surface area contributed by atoms with Gasteiger partial charge >= 0.3 is 5.76 Å². The monoisotopic (exact) mass is 423 g/mol. The first-order chi connectivity index (χ1) is 15.1. The van der Waals surface area contributed by atoms with E-state index in [1.54, 1.807) is 23.0 Å². The Balaban J connectivity index is 1.20. The summed E-state index contributed by atoms with van der Waals surface area (Å²) in [4.78, 5) is 16.9. The Bertz CT molecular complexity index is 1260. The molecule has 1 aliphatic rings. The van der Waals surface area contributed by atoms with Crippen LogP contribution in [0.15, 0.2) is 56.3 Å². The maximum Gasteiger partial charge on any atom is 0.420 e. The molecule has 2 aromatic carbocycles. The van der Waals surface area contributed by atoms with Crippen LogP contribution in [-0.4, -0.2) is 42.2 Å². The Morgan fingerprint density at radius 1 is 1.10 bits per heavy atom. The van der Waals surface area contributed by atoms with Gasteiger partial charge in [0.25, 0.3) is 0 Å². The van der Waals surface area contributed by atoms with Gasteiger partial charge in [-0.3, -0.25) is 9.47 Å². The van der Waals surface area contributed by atoms with Crippen LogP contribution in [0.2, 0.25) is 0 Å². The van der Waals surface area contributed by atoms with Crippen molar-refractivity contribution in [2.75, 3.05) is 37.6 Å². The summed E-state index contributed by atoms with van der Waals surface area (Å²) in [6.45, 7) is 7.22.